The molecule has 0 aromatic heterocycles. The zero-order valence-corrected chi connectivity index (χ0v) is 33.0. The zero-order valence-electron chi connectivity index (χ0n) is 31.5. The molecular formula is C41H59ClN4O5S. The first kappa shape index (κ1) is 37.9. The number of ether oxygens (including phenoxy) is 2. The molecule has 6 atom stereocenters. The second-order valence-corrected chi connectivity index (χ2v) is 18.9. The average Bonchev–Trinajstić information content (AvgIpc) is 3.15. The number of carbonyl (C=O) groups is 1. The summed E-state index contributed by atoms with van der Waals surface area (Å²) < 4.78 is 43.0. The van der Waals surface area contributed by atoms with Gasteiger partial charge in [-0.2, -0.15) is 0 Å². The quantitative estimate of drug-likeness (QED) is 0.362. The van der Waals surface area contributed by atoms with E-state index in [1.54, 1.807) is 13.0 Å². The van der Waals surface area contributed by atoms with Gasteiger partial charge in [0.15, 0.2) is 0 Å². The SMILES string of the molecule is CO[C@]1(CN2CCN3CCCC[C@@H]3C2)CCC[C@H](C)[C@@H](C)S(=O)(=O)NC(=O)c2ccc3c(c2)N(CCCCc2cc(Cl)ccc2CO3)C[C@@H]2CC[C@H]21. The lowest BCUT2D eigenvalue weighted by molar-refractivity contribution is -0.136. The van der Waals surface area contributed by atoms with Gasteiger partial charge in [-0.1, -0.05) is 37.4 Å². The molecule has 2 bridgehead atoms. The van der Waals surface area contributed by atoms with Crippen molar-refractivity contribution in [1.29, 1.82) is 0 Å². The molecule has 4 heterocycles. The number of carbonyl (C=O) groups excluding carboxylic acids is 1. The van der Waals surface area contributed by atoms with E-state index < -0.39 is 21.2 Å². The molecule has 11 heteroatoms. The molecule has 2 saturated heterocycles. The standard InChI is InChI=1S/C41H59ClN4O5S/c1-29-9-8-18-41(50-3,28-44-21-22-45-19-7-5-11-36(45)26-44)37-16-13-33(37)25-46-20-6-4-10-31-23-35(42)15-12-34(31)27-51-39-17-14-32(24-38(39)46)40(47)43-52(48,49)30(29)2/h12,14-15,17,23-24,29-30,33,36-37H,4-11,13,16,18-22,25-28H2,1-3H3,(H,43,47)/t29-,30+,33-,36+,37+,41-/m0/s1. The highest BCUT2D eigenvalue weighted by molar-refractivity contribution is 7.90. The van der Waals surface area contributed by atoms with Crippen molar-refractivity contribution in [3.63, 3.8) is 0 Å². The molecule has 9 nitrogen and oxygen atoms in total. The summed E-state index contributed by atoms with van der Waals surface area (Å²) in [5.74, 6) is 0.786. The Kier molecular flexibility index (Phi) is 11.8. The highest BCUT2D eigenvalue weighted by Gasteiger charge is 2.50. The Bertz CT molecular complexity index is 1690. The number of hydrogen-bond acceptors (Lipinski definition) is 8. The topological polar surface area (TPSA) is 91.4 Å². The Morgan fingerprint density at radius 3 is 2.58 bits per heavy atom. The van der Waals surface area contributed by atoms with E-state index in [1.165, 1.54) is 31.4 Å². The number of aryl methyl sites for hydroxylation is 1. The summed E-state index contributed by atoms with van der Waals surface area (Å²) in [5, 5.41) is 0.0121. The lowest BCUT2D eigenvalue weighted by Crippen LogP contribution is -2.61. The minimum atomic E-state index is -3.91. The molecule has 5 aliphatic rings. The van der Waals surface area contributed by atoms with Gasteiger partial charge in [0, 0.05) is 63.0 Å². The number of rotatable bonds is 3. The number of hydrogen-bond donors (Lipinski definition) is 1. The average molecular weight is 755 g/mol. The molecule has 286 valence electrons. The first-order chi connectivity index (χ1) is 25.0. The van der Waals surface area contributed by atoms with Crippen molar-refractivity contribution >= 4 is 33.2 Å². The van der Waals surface area contributed by atoms with Crippen LogP contribution in [0.25, 0.3) is 0 Å². The van der Waals surface area contributed by atoms with Crippen molar-refractivity contribution in [2.24, 2.45) is 17.8 Å². The Morgan fingerprint density at radius 1 is 0.923 bits per heavy atom. The number of halogens is 1. The van der Waals surface area contributed by atoms with Crippen LogP contribution >= 0.6 is 11.6 Å². The van der Waals surface area contributed by atoms with Gasteiger partial charge in [-0.25, -0.2) is 13.1 Å². The van der Waals surface area contributed by atoms with Crippen LogP contribution in [0, 0.1) is 17.8 Å². The number of methoxy groups -OCH3 is 1. The Balaban J connectivity index is 1.23. The minimum Gasteiger partial charge on any atom is -0.487 e. The van der Waals surface area contributed by atoms with Gasteiger partial charge in [-0.05, 0) is 130 Å². The molecular weight excluding hydrogens is 696 g/mol. The van der Waals surface area contributed by atoms with E-state index in [4.69, 9.17) is 21.1 Å². The van der Waals surface area contributed by atoms with Crippen LogP contribution in [-0.2, 0) is 27.8 Å². The third kappa shape index (κ3) is 8.16. The van der Waals surface area contributed by atoms with E-state index in [0.717, 1.165) is 107 Å². The molecule has 7 rings (SSSR count). The summed E-state index contributed by atoms with van der Waals surface area (Å²) in [6, 6.07) is 12.0. The van der Waals surface area contributed by atoms with E-state index in [0.29, 0.717) is 35.8 Å². The van der Waals surface area contributed by atoms with Gasteiger partial charge < -0.3 is 14.4 Å². The summed E-state index contributed by atoms with van der Waals surface area (Å²) >= 11 is 6.42. The van der Waals surface area contributed by atoms with Crippen LogP contribution in [0.3, 0.4) is 0 Å². The van der Waals surface area contributed by atoms with Gasteiger partial charge in [0.2, 0.25) is 10.0 Å². The Morgan fingerprint density at radius 2 is 1.77 bits per heavy atom. The number of sulfonamides is 1. The molecule has 1 aliphatic carbocycles. The van der Waals surface area contributed by atoms with Crippen LogP contribution in [0.4, 0.5) is 5.69 Å². The molecule has 52 heavy (non-hydrogen) atoms. The van der Waals surface area contributed by atoms with Crippen molar-refractivity contribution in [1.82, 2.24) is 14.5 Å². The van der Waals surface area contributed by atoms with Gasteiger partial charge in [0.05, 0.1) is 16.5 Å². The molecule has 0 radical (unpaired) electrons. The summed E-state index contributed by atoms with van der Waals surface area (Å²) in [4.78, 5) is 21.4. The van der Waals surface area contributed by atoms with E-state index in [9.17, 15) is 13.2 Å². The Hall–Kier alpha value is -2.37. The van der Waals surface area contributed by atoms with Crippen molar-refractivity contribution < 1.29 is 22.7 Å². The van der Waals surface area contributed by atoms with Gasteiger partial charge in [-0.15, -0.1) is 0 Å². The van der Waals surface area contributed by atoms with E-state index in [1.807, 2.05) is 38.3 Å². The number of piperidine rings is 1. The second kappa shape index (κ2) is 16.2. The third-order valence-corrected chi connectivity index (χ3v) is 15.5. The molecule has 1 saturated carbocycles. The van der Waals surface area contributed by atoms with Crippen LogP contribution < -0.4 is 14.4 Å². The maximum absolute atomic E-state index is 13.6. The van der Waals surface area contributed by atoms with Crippen LogP contribution in [0.15, 0.2) is 36.4 Å². The summed E-state index contributed by atoms with van der Waals surface area (Å²) in [6.45, 7) is 11.2. The van der Waals surface area contributed by atoms with Crippen molar-refractivity contribution in [2.45, 2.75) is 108 Å². The largest absolute Gasteiger partial charge is 0.487 e. The normalized spacial score (nSPS) is 32.1. The van der Waals surface area contributed by atoms with Gasteiger partial charge >= 0.3 is 0 Å². The molecule has 0 spiro atoms. The highest BCUT2D eigenvalue weighted by Crippen LogP contribution is 2.48. The monoisotopic (exact) mass is 754 g/mol. The molecule has 2 aromatic rings. The van der Waals surface area contributed by atoms with Crippen LogP contribution in [-0.4, -0.2) is 93.9 Å². The lowest BCUT2D eigenvalue weighted by atomic mass is 9.62. The van der Waals surface area contributed by atoms with Crippen LogP contribution in [0.2, 0.25) is 5.02 Å². The molecule has 1 amide bonds. The van der Waals surface area contributed by atoms with Crippen molar-refractivity contribution in [3.05, 3.63) is 58.1 Å². The van der Waals surface area contributed by atoms with E-state index in [-0.39, 0.29) is 11.5 Å². The number of nitrogens with one attached hydrogen (secondary N) is 1. The summed E-state index contributed by atoms with van der Waals surface area (Å²) in [7, 11) is -1.99. The fraction of sp³-hybridized carbons (Fsp3) is 0.683. The lowest BCUT2D eigenvalue weighted by Gasteiger charge is -2.54. The summed E-state index contributed by atoms with van der Waals surface area (Å²) in [5.41, 5.74) is 3.16. The number of amides is 1. The number of nitrogens with zero attached hydrogens (tertiary/aromatic N) is 3. The van der Waals surface area contributed by atoms with E-state index >= 15 is 0 Å². The second-order valence-electron chi connectivity index (χ2n) is 16.5. The first-order valence-electron chi connectivity index (χ1n) is 19.9. The van der Waals surface area contributed by atoms with E-state index in [2.05, 4.69) is 25.5 Å². The number of anilines is 1. The maximum Gasteiger partial charge on any atom is 0.264 e. The molecule has 0 unspecified atom stereocenters. The predicted molar refractivity (Wildman–Crippen MR) is 208 cm³/mol. The minimum absolute atomic E-state index is 0.121. The molecule has 1 N–H and O–H groups in total. The predicted octanol–water partition coefficient (Wildman–Crippen LogP) is 6.91. The third-order valence-electron chi connectivity index (χ3n) is 13.4. The Labute approximate surface area is 316 Å². The fourth-order valence-electron chi connectivity index (χ4n) is 9.83. The molecule has 4 aliphatic heterocycles. The first-order valence-corrected chi connectivity index (χ1v) is 21.8. The molecule has 2 aromatic carbocycles. The van der Waals surface area contributed by atoms with Crippen LogP contribution in [0.1, 0.15) is 99.5 Å². The van der Waals surface area contributed by atoms with Crippen LogP contribution in [0.5, 0.6) is 5.75 Å². The van der Waals surface area contributed by atoms with Gasteiger partial charge in [0.1, 0.15) is 12.4 Å². The highest BCUT2D eigenvalue weighted by atomic mass is 35.5. The summed E-state index contributed by atoms with van der Waals surface area (Å²) in [6.07, 6.45) is 11.6. The molecule has 3 fully saturated rings. The fourth-order valence-corrected chi connectivity index (χ4v) is 11.3. The maximum atomic E-state index is 13.6. The number of fused-ring (bicyclic) bond motifs is 4. The van der Waals surface area contributed by atoms with Crippen molar-refractivity contribution in [3.8, 4) is 5.75 Å². The smallest absolute Gasteiger partial charge is 0.264 e. The number of piperazine rings is 1. The zero-order chi connectivity index (χ0) is 36.5. The number of benzene rings is 2. The van der Waals surface area contributed by atoms with Gasteiger partial charge in [-0.3, -0.25) is 14.6 Å². The van der Waals surface area contributed by atoms with Crippen molar-refractivity contribution in [2.75, 3.05) is 57.8 Å². The van der Waals surface area contributed by atoms with Gasteiger partial charge in [0.25, 0.3) is 5.91 Å².